The van der Waals surface area contributed by atoms with Gasteiger partial charge in [-0.3, -0.25) is 4.79 Å². The number of benzene rings is 1. The van der Waals surface area contributed by atoms with E-state index < -0.39 is 0 Å². The molecule has 0 unspecified atom stereocenters. The number of halogens is 1. The van der Waals surface area contributed by atoms with E-state index in [1.165, 1.54) is 0 Å². The molecule has 0 aromatic heterocycles. The third-order valence-corrected chi connectivity index (χ3v) is 2.93. The Morgan fingerprint density at radius 1 is 1.41 bits per heavy atom. The molecule has 1 aromatic rings. The number of nitrogens with two attached hydrogens (primary N) is 1. The number of carbonyl (C=O) groups excluding carboxylic acids is 1. The van der Waals surface area contributed by atoms with Gasteiger partial charge in [0.05, 0.1) is 5.69 Å². The van der Waals surface area contributed by atoms with E-state index in [4.69, 9.17) is 10.5 Å². The van der Waals surface area contributed by atoms with Crippen molar-refractivity contribution in [1.29, 1.82) is 0 Å². The zero-order valence-corrected chi connectivity index (χ0v) is 11.7. The third kappa shape index (κ3) is 3.93. The van der Waals surface area contributed by atoms with Crippen LogP contribution in [0.25, 0.3) is 0 Å². The van der Waals surface area contributed by atoms with E-state index in [0.717, 1.165) is 4.47 Å². The van der Waals surface area contributed by atoms with Crippen molar-refractivity contribution in [1.82, 2.24) is 4.90 Å². The first-order chi connectivity index (χ1) is 8.08. The monoisotopic (exact) mass is 300 g/mol. The summed E-state index contributed by atoms with van der Waals surface area (Å²) in [6, 6.07) is 5.32. The van der Waals surface area contributed by atoms with Crippen molar-refractivity contribution in [3.63, 3.8) is 0 Å². The largest absolute Gasteiger partial charge is 0.482 e. The molecule has 0 fully saturated rings. The van der Waals surface area contributed by atoms with Gasteiger partial charge >= 0.3 is 0 Å². The van der Waals surface area contributed by atoms with Crippen LogP contribution in [0.5, 0.6) is 5.75 Å². The van der Waals surface area contributed by atoms with Gasteiger partial charge in [-0.15, -0.1) is 0 Å². The molecule has 0 aliphatic carbocycles. The fourth-order valence-electron chi connectivity index (χ4n) is 1.46. The molecule has 0 aliphatic heterocycles. The second kappa shape index (κ2) is 6.49. The van der Waals surface area contributed by atoms with Crippen LogP contribution in [0.15, 0.2) is 22.7 Å². The summed E-state index contributed by atoms with van der Waals surface area (Å²) in [6.07, 6.45) is 0. The molecule has 0 saturated carbocycles. The number of anilines is 1. The molecule has 0 saturated heterocycles. The average Bonchev–Trinajstić information content (AvgIpc) is 2.29. The number of ether oxygens (including phenoxy) is 1. The van der Waals surface area contributed by atoms with Gasteiger partial charge < -0.3 is 15.4 Å². The first-order valence-electron chi connectivity index (χ1n) is 5.54. The maximum atomic E-state index is 11.7. The summed E-state index contributed by atoms with van der Waals surface area (Å²) in [4.78, 5) is 13.4. The zero-order chi connectivity index (χ0) is 12.8. The molecule has 0 aliphatic rings. The van der Waals surface area contributed by atoms with Crippen LogP contribution in [-0.4, -0.2) is 30.5 Å². The minimum Gasteiger partial charge on any atom is -0.482 e. The maximum absolute atomic E-state index is 11.7. The lowest BCUT2D eigenvalue weighted by atomic mass is 10.3. The highest BCUT2D eigenvalue weighted by atomic mass is 79.9. The molecule has 0 heterocycles. The van der Waals surface area contributed by atoms with Crippen LogP contribution in [0.3, 0.4) is 0 Å². The molecule has 1 rings (SSSR count). The topological polar surface area (TPSA) is 55.6 Å². The Bertz CT molecular complexity index is 392. The van der Waals surface area contributed by atoms with Crippen LogP contribution in [0.1, 0.15) is 13.8 Å². The molecular formula is C12H17BrN2O2. The fraction of sp³-hybridized carbons (Fsp3) is 0.417. The molecule has 0 atom stereocenters. The third-order valence-electron chi connectivity index (χ3n) is 2.44. The number of hydrogen-bond acceptors (Lipinski definition) is 3. The Kier molecular flexibility index (Phi) is 5.28. The average molecular weight is 301 g/mol. The quantitative estimate of drug-likeness (QED) is 0.849. The molecular weight excluding hydrogens is 284 g/mol. The van der Waals surface area contributed by atoms with Gasteiger partial charge in [0.15, 0.2) is 6.61 Å². The molecule has 17 heavy (non-hydrogen) atoms. The predicted octanol–water partition coefficient (Wildman–Crippen LogP) is 2.28. The van der Waals surface area contributed by atoms with Gasteiger partial charge in [-0.25, -0.2) is 0 Å². The van der Waals surface area contributed by atoms with Crippen molar-refractivity contribution < 1.29 is 9.53 Å². The van der Waals surface area contributed by atoms with E-state index in [-0.39, 0.29) is 12.5 Å². The van der Waals surface area contributed by atoms with Gasteiger partial charge in [0.1, 0.15) is 5.75 Å². The van der Waals surface area contributed by atoms with Gasteiger partial charge in [-0.05, 0) is 32.0 Å². The highest BCUT2D eigenvalue weighted by molar-refractivity contribution is 9.10. The van der Waals surface area contributed by atoms with E-state index in [0.29, 0.717) is 24.5 Å². The minimum atomic E-state index is -0.0303. The smallest absolute Gasteiger partial charge is 0.260 e. The van der Waals surface area contributed by atoms with Crippen molar-refractivity contribution in [2.24, 2.45) is 0 Å². The molecule has 1 aromatic carbocycles. The maximum Gasteiger partial charge on any atom is 0.260 e. The minimum absolute atomic E-state index is 0.0213. The number of nitrogen functional groups attached to an aromatic ring is 1. The summed E-state index contributed by atoms with van der Waals surface area (Å²) in [6.45, 7) is 5.28. The lowest BCUT2D eigenvalue weighted by Crippen LogP contribution is -2.34. The van der Waals surface area contributed by atoms with E-state index in [1.807, 2.05) is 19.9 Å². The number of nitrogens with zero attached hydrogens (tertiary/aromatic N) is 1. The Morgan fingerprint density at radius 3 is 2.59 bits per heavy atom. The first kappa shape index (κ1) is 13.8. The molecule has 5 heteroatoms. The summed E-state index contributed by atoms with van der Waals surface area (Å²) in [5.41, 5.74) is 6.29. The lowest BCUT2D eigenvalue weighted by molar-refractivity contribution is -0.132. The molecule has 0 radical (unpaired) electrons. The Balaban J connectivity index is 2.58. The Morgan fingerprint density at radius 2 is 2.06 bits per heavy atom. The predicted molar refractivity (Wildman–Crippen MR) is 72.0 cm³/mol. The lowest BCUT2D eigenvalue weighted by Gasteiger charge is -2.19. The highest BCUT2D eigenvalue weighted by Crippen LogP contribution is 2.25. The standard InChI is InChI=1S/C12H17BrN2O2/c1-3-15(4-2)12(16)8-17-11-6-5-9(13)7-10(11)14/h5-7H,3-4,8,14H2,1-2H3. The summed E-state index contributed by atoms with van der Waals surface area (Å²) in [5, 5.41) is 0. The fourth-order valence-corrected chi connectivity index (χ4v) is 1.84. The van der Waals surface area contributed by atoms with Crippen molar-refractivity contribution in [3.05, 3.63) is 22.7 Å². The van der Waals surface area contributed by atoms with Crippen LogP contribution >= 0.6 is 15.9 Å². The summed E-state index contributed by atoms with van der Waals surface area (Å²) in [5.74, 6) is 0.506. The second-order valence-electron chi connectivity index (χ2n) is 3.54. The molecule has 0 spiro atoms. The molecule has 1 amide bonds. The van der Waals surface area contributed by atoms with Crippen LogP contribution in [0, 0.1) is 0 Å². The van der Waals surface area contributed by atoms with Crippen molar-refractivity contribution in [3.8, 4) is 5.75 Å². The summed E-state index contributed by atoms with van der Waals surface area (Å²) in [7, 11) is 0. The second-order valence-corrected chi connectivity index (χ2v) is 4.45. The normalized spacial score (nSPS) is 10.1. The molecule has 2 N–H and O–H groups in total. The number of likely N-dealkylation sites (N-methyl/N-ethyl adjacent to an activating group) is 1. The van der Waals surface area contributed by atoms with E-state index in [1.54, 1.807) is 17.0 Å². The number of carbonyl (C=O) groups is 1. The van der Waals surface area contributed by atoms with Crippen LogP contribution in [0.4, 0.5) is 5.69 Å². The van der Waals surface area contributed by atoms with Crippen LogP contribution in [0.2, 0.25) is 0 Å². The highest BCUT2D eigenvalue weighted by Gasteiger charge is 2.11. The van der Waals surface area contributed by atoms with E-state index in [9.17, 15) is 4.79 Å². The number of rotatable bonds is 5. The van der Waals surface area contributed by atoms with Gasteiger partial charge in [0, 0.05) is 17.6 Å². The zero-order valence-electron chi connectivity index (χ0n) is 10.1. The van der Waals surface area contributed by atoms with Crippen molar-refractivity contribution >= 4 is 27.5 Å². The Hall–Kier alpha value is -1.23. The number of hydrogen-bond donors (Lipinski definition) is 1. The Labute approximate surface area is 110 Å². The molecule has 0 bridgehead atoms. The van der Waals surface area contributed by atoms with Gasteiger partial charge in [-0.1, -0.05) is 15.9 Å². The van der Waals surface area contributed by atoms with Gasteiger partial charge in [-0.2, -0.15) is 0 Å². The van der Waals surface area contributed by atoms with Gasteiger partial charge in [0.2, 0.25) is 0 Å². The van der Waals surface area contributed by atoms with Crippen LogP contribution < -0.4 is 10.5 Å². The van der Waals surface area contributed by atoms with E-state index >= 15 is 0 Å². The summed E-state index contributed by atoms with van der Waals surface area (Å²) < 4.78 is 6.29. The van der Waals surface area contributed by atoms with Crippen LogP contribution in [-0.2, 0) is 4.79 Å². The summed E-state index contributed by atoms with van der Waals surface area (Å²) >= 11 is 3.31. The number of amides is 1. The van der Waals surface area contributed by atoms with Crippen molar-refractivity contribution in [2.45, 2.75) is 13.8 Å². The molecule has 94 valence electrons. The first-order valence-corrected chi connectivity index (χ1v) is 6.33. The van der Waals surface area contributed by atoms with Crippen molar-refractivity contribution in [2.75, 3.05) is 25.4 Å². The van der Waals surface area contributed by atoms with E-state index in [2.05, 4.69) is 15.9 Å². The van der Waals surface area contributed by atoms with Gasteiger partial charge in [0.25, 0.3) is 5.91 Å². The SMILES string of the molecule is CCN(CC)C(=O)COc1ccc(Br)cc1N. The molecule has 4 nitrogen and oxygen atoms in total.